The van der Waals surface area contributed by atoms with E-state index in [1.807, 2.05) is 51.1 Å². The molecule has 0 atom stereocenters. The first-order valence-corrected chi connectivity index (χ1v) is 7.17. The van der Waals surface area contributed by atoms with E-state index >= 15 is 0 Å². The standard InChI is InChI=1S/C18H20N2O2/c1-12-4-6-15(7-5-12)18(22)19-11-17(21)20-16-9-13(2)8-14(3)10-16/h4-10H,11H2,1-3H3,(H,19,22)(H,20,21). The number of rotatable bonds is 4. The van der Waals surface area contributed by atoms with Crippen molar-refractivity contribution in [1.82, 2.24) is 5.32 Å². The monoisotopic (exact) mass is 296 g/mol. The summed E-state index contributed by atoms with van der Waals surface area (Å²) < 4.78 is 0. The summed E-state index contributed by atoms with van der Waals surface area (Å²) >= 11 is 0. The first kappa shape index (κ1) is 15.8. The van der Waals surface area contributed by atoms with Crippen LogP contribution in [0.3, 0.4) is 0 Å². The number of hydrogen-bond acceptors (Lipinski definition) is 2. The minimum atomic E-state index is -0.254. The SMILES string of the molecule is Cc1ccc(C(=O)NCC(=O)Nc2cc(C)cc(C)c2)cc1. The van der Waals surface area contributed by atoms with Crippen molar-refractivity contribution in [2.45, 2.75) is 20.8 Å². The number of aryl methyl sites for hydroxylation is 3. The number of benzene rings is 2. The minimum absolute atomic E-state index is 0.0559. The molecule has 0 bridgehead atoms. The van der Waals surface area contributed by atoms with Crippen molar-refractivity contribution in [2.75, 3.05) is 11.9 Å². The van der Waals surface area contributed by atoms with Gasteiger partial charge in [0.05, 0.1) is 6.54 Å². The van der Waals surface area contributed by atoms with E-state index in [0.29, 0.717) is 5.56 Å². The van der Waals surface area contributed by atoms with Crippen molar-refractivity contribution in [3.63, 3.8) is 0 Å². The van der Waals surface area contributed by atoms with Crippen LogP contribution in [-0.2, 0) is 4.79 Å². The molecular weight excluding hydrogens is 276 g/mol. The van der Waals surface area contributed by atoms with Crippen molar-refractivity contribution in [1.29, 1.82) is 0 Å². The highest BCUT2D eigenvalue weighted by Gasteiger charge is 2.08. The molecule has 2 amide bonds. The second kappa shape index (κ2) is 6.89. The van der Waals surface area contributed by atoms with E-state index in [-0.39, 0.29) is 18.4 Å². The van der Waals surface area contributed by atoms with E-state index in [2.05, 4.69) is 10.6 Å². The number of hydrogen-bond donors (Lipinski definition) is 2. The Bertz CT molecular complexity index is 670. The Morgan fingerprint density at radius 3 is 2.05 bits per heavy atom. The molecule has 2 aromatic rings. The molecule has 0 aliphatic rings. The van der Waals surface area contributed by atoms with Crippen molar-refractivity contribution in [3.05, 3.63) is 64.7 Å². The fraction of sp³-hybridized carbons (Fsp3) is 0.222. The van der Waals surface area contributed by atoms with Gasteiger partial charge in [-0.3, -0.25) is 9.59 Å². The van der Waals surface area contributed by atoms with E-state index in [0.717, 1.165) is 22.4 Å². The zero-order chi connectivity index (χ0) is 16.1. The lowest BCUT2D eigenvalue weighted by atomic mass is 10.1. The smallest absolute Gasteiger partial charge is 0.251 e. The zero-order valence-corrected chi connectivity index (χ0v) is 13.1. The molecule has 0 aliphatic carbocycles. The summed E-state index contributed by atoms with van der Waals surface area (Å²) in [6.45, 7) is 5.85. The largest absolute Gasteiger partial charge is 0.343 e. The number of carbonyl (C=O) groups is 2. The van der Waals surface area contributed by atoms with Gasteiger partial charge < -0.3 is 10.6 Å². The molecule has 2 rings (SSSR count). The summed E-state index contributed by atoms with van der Waals surface area (Å²) in [5, 5.41) is 5.40. The molecule has 22 heavy (non-hydrogen) atoms. The van der Waals surface area contributed by atoms with Crippen LogP contribution in [0.4, 0.5) is 5.69 Å². The average molecular weight is 296 g/mol. The molecule has 4 nitrogen and oxygen atoms in total. The first-order chi connectivity index (χ1) is 10.4. The van der Waals surface area contributed by atoms with E-state index in [4.69, 9.17) is 0 Å². The van der Waals surface area contributed by atoms with Gasteiger partial charge in [-0.15, -0.1) is 0 Å². The fourth-order valence-corrected chi connectivity index (χ4v) is 2.22. The van der Waals surface area contributed by atoms with Gasteiger partial charge in [-0.25, -0.2) is 0 Å². The lowest BCUT2D eigenvalue weighted by molar-refractivity contribution is -0.115. The van der Waals surface area contributed by atoms with Crippen LogP contribution < -0.4 is 10.6 Å². The van der Waals surface area contributed by atoms with Gasteiger partial charge in [0.15, 0.2) is 0 Å². The number of carbonyl (C=O) groups excluding carboxylic acids is 2. The highest BCUT2D eigenvalue weighted by molar-refractivity contribution is 5.99. The van der Waals surface area contributed by atoms with Crippen molar-refractivity contribution >= 4 is 17.5 Å². The summed E-state index contributed by atoms with van der Waals surface area (Å²) in [7, 11) is 0. The fourth-order valence-electron chi connectivity index (χ4n) is 2.22. The number of amides is 2. The number of anilines is 1. The summed E-state index contributed by atoms with van der Waals surface area (Å²) in [6.07, 6.45) is 0. The van der Waals surface area contributed by atoms with Gasteiger partial charge in [-0.2, -0.15) is 0 Å². The van der Waals surface area contributed by atoms with Crippen LogP contribution >= 0.6 is 0 Å². The Balaban J connectivity index is 1.89. The Morgan fingerprint density at radius 1 is 0.864 bits per heavy atom. The maximum absolute atomic E-state index is 11.9. The molecule has 0 fully saturated rings. The van der Waals surface area contributed by atoms with Gasteiger partial charge in [0.25, 0.3) is 5.91 Å². The van der Waals surface area contributed by atoms with Crippen LogP contribution in [0.2, 0.25) is 0 Å². The Hall–Kier alpha value is -2.62. The molecule has 0 saturated carbocycles. The molecule has 0 aliphatic heterocycles. The van der Waals surface area contributed by atoms with Gasteiger partial charge in [0.1, 0.15) is 0 Å². The molecular formula is C18H20N2O2. The highest BCUT2D eigenvalue weighted by atomic mass is 16.2. The minimum Gasteiger partial charge on any atom is -0.343 e. The molecule has 4 heteroatoms. The van der Waals surface area contributed by atoms with Crippen molar-refractivity contribution in [3.8, 4) is 0 Å². The molecule has 0 heterocycles. The van der Waals surface area contributed by atoms with Crippen LogP contribution in [0.15, 0.2) is 42.5 Å². The molecule has 2 aromatic carbocycles. The Labute approximate surface area is 130 Å². The van der Waals surface area contributed by atoms with Crippen LogP contribution in [0, 0.1) is 20.8 Å². The summed E-state index contributed by atoms with van der Waals surface area (Å²) in [5.74, 6) is -0.499. The second-order valence-corrected chi connectivity index (χ2v) is 5.47. The van der Waals surface area contributed by atoms with Crippen molar-refractivity contribution in [2.24, 2.45) is 0 Å². The van der Waals surface area contributed by atoms with E-state index in [9.17, 15) is 9.59 Å². The molecule has 114 valence electrons. The van der Waals surface area contributed by atoms with Gasteiger partial charge in [-0.05, 0) is 56.2 Å². The quantitative estimate of drug-likeness (QED) is 0.911. The predicted octanol–water partition coefficient (Wildman–Crippen LogP) is 2.98. The lowest BCUT2D eigenvalue weighted by Crippen LogP contribution is -2.32. The summed E-state index contributed by atoms with van der Waals surface area (Å²) in [5.41, 5.74) is 4.54. The van der Waals surface area contributed by atoms with Gasteiger partial charge in [0, 0.05) is 11.3 Å². The molecule has 0 saturated heterocycles. The van der Waals surface area contributed by atoms with Crippen LogP contribution in [0.5, 0.6) is 0 Å². The Morgan fingerprint density at radius 2 is 1.45 bits per heavy atom. The summed E-state index contributed by atoms with van der Waals surface area (Å²) in [6, 6.07) is 13.0. The van der Waals surface area contributed by atoms with Crippen LogP contribution in [-0.4, -0.2) is 18.4 Å². The van der Waals surface area contributed by atoms with Crippen LogP contribution in [0.25, 0.3) is 0 Å². The molecule has 2 N–H and O–H groups in total. The average Bonchev–Trinajstić information content (AvgIpc) is 2.44. The van der Waals surface area contributed by atoms with Crippen molar-refractivity contribution < 1.29 is 9.59 Å². The topological polar surface area (TPSA) is 58.2 Å². The van der Waals surface area contributed by atoms with Gasteiger partial charge in [-0.1, -0.05) is 23.8 Å². The normalized spacial score (nSPS) is 10.1. The van der Waals surface area contributed by atoms with E-state index in [1.54, 1.807) is 12.1 Å². The van der Waals surface area contributed by atoms with Gasteiger partial charge in [0.2, 0.25) is 5.91 Å². The molecule has 0 radical (unpaired) electrons. The summed E-state index contributed by atoms with van der Waals surface area (Å²) in [4.78, 5) is 23.8. The number of nitrogens with one attached hydrogen (secondary N) is 2. The van der Waals surface area contributed by atoms with E-state index < -0.39 is 0 Å². The maximum atomic E-state index is 11.9. The third kappa shape index (κ3) is 4.45. The lowest BCUT2D eigenvalue weighted by Gasteiger charge is -2.09. The third-order valence-electron chi connectivity index (χ3n) is 3.23. The predicted molar refractivity (Wildman–Crippen MR) is 88.1 cm³/mol. The maximum Gasteiger partial charge on any atom is 0.251 e. The van der Waals surface area contributed by atoms with E-state index in [1.165, 1.54) is 0 Å². The third-order valence-corrected chi connectivity index (χ3v) is 3.23. The zero-order valence-electron chi connectivity index (χ0n) is 13.1. The van der Waals surface area contributed by atoms with Gasteiger partial charge >= 0.3 is 0 Å². The second-order valence-electron chi connectivity index (χ2n) is 5.47. The van der Waals surface area contributed by atoms with Crippen LogP contribution in [0.1, 0.15) is 27.0 Å². The molecule has 0 aromatic heterocycles. The first-order valence-electron chi connectivity index (χ1n) is 7.17. The highest BCUT2D eigenvalue weighted by Crippen LogP contribution is 2.13. The Kier molecular flexibility index (Phi) is 4.94. The molecule has 0 unspecified atom stereocenters. The molecule has 0 spiro atoms.